The van der Waals surface area contributed by atoms with Crippen LogP contribution >= 0.6 is 0 Å². The van der Waals surface area contributed by atoms with Crippen LogP contribution in [0.3, 0.4) is 0 Å². The molecule has 0 radical (unpaired) electrons. The standard InChI is InChI=1S/C20H31N3O3S/c1-15(2)14-19(21)20(24)22-12-10-17(11-13-22)23(16-8-9-16)27(25,26)18-6-4-3-5-7-18/h3-7,15-17,19H,8-14,21H2,1-2H3/t19-/m1/s1. The number of likely N-dealkylation sites (tertiary alicyclic amines) is 1. The minimum absolute atomic E-state index is 0.00830. The molecular formula is C20H31N3O3S. The van der Waals surface area contributed by atoms with E-state index >= 15 is 0 Å². The summed E-state index contributed by atoms with van der Waals surface area (Å²) in [5, 5.41) is 0. The summed E-state index contributed by atoms with van der Waals surface area (Å²) in [7, 11) is -3.50. The summed E-state index contributed by atoms with van der Waals surface area (Å²) < 4.78 is 28.1. The number of nitrogens with two attached hydrogens (primary N) is 1. The summed E-state index contributed by atoms with van der Waals surface area (Å²) in [5.41, 5.74) is 6.05. The number of piperidine rings is 1. The van der Waals surface area contributed by atoms with E-state index in [0.29, 0.717) is 43.2 Å². The van der Waals surface area contributed by atoms with E-state index in [-0.39, 0.29) is 18.0 Å². The number of carbonyl (C=O) groups is 1. The van der Waals surface area contributed by atoms with Crippen LogP contribution in [0.2, 0.25) is 0 Å². The van der Waals surface area contributed by atoms with Crippen LogP contribution in [0.4, 0.5) is 0 Å². The molecule has 0 bridgehead atoms. The van der Waals surface area contributed by atoms with Crippen LogP contribution in [0.1, 0.15) is 46.0 Å². The zero-order chi connectivity index (χ0) is 19.6. The van der Waals surface area contributed by atoms with Crippen molar-refractivity contribution in [3.8, 4) is 0 Å². The van der Waals surface area contributed by atoms with Crippen LogP contribution in [0.5, 0.6) is 0 Å². The third kappa shape index (κ3) is 4.70. The zero-order valence-corrected chi connectivity index (χ0v) is 17.1. The molecule has 7 heteroatoms. The SMILES string of the molecule is CC(C)C[C@@H](N)C(=O)N1CCC(N(C2CC2)S(=O)(=O)c2ccccc2)CC1. The van der Waals surface area contributed by atoms with Gasteiger partial charge in [-0.3, -0.25) is 4.79 Å². The van der Waals surface area contributed by atoms with Gasteiger partial charge in [0.2, 0.25) is 15.9 Å². The summed E-state index contributed by atoms with van der Waals surface area (Å²) in [6, 6.07) is 8.26. The van der Waals surface area contributed by atoms with Crippen molar-refractivity contribution in [2.24, 2.45) is 11.7 Å². The molecule has 150 valence electrons. The number of hydrogen-bond donors (Lipinski definition) is 1. The zero-order valence-electron chi connectivity index (χ0n) is 16.3. The van der Waals surface area contributed by atoms with E-state index in [1.165, 1.54) is 0 Å². The molecule has 0 aromatic heterocycles. The number of nitrogens with zero attached hydrogens (tertiary/aromatic N) is 2. The first-order valence-electron chi connectivity index (χ1n) is 9.93. The highest BCUT2D eigenvalue weighted by Gasteiger charge is 2.43. The molecule has 1 aliphatic heterocycles. The number of benzene rings is 1. The number of hydrogen-bond acceptors (Lipinski definition) is 4. The van der Waals surface area contributed by atoms with Crippen molar-refractivity contribution in [1.29, 1.82) is 0 Å². The Morgan fingerprint density at radius 1 is 1.11 bits per heavy atom. The molecule has 2 aliphatic rings. The molecule has 27 heavy (non-hydrogen) atoms. The number of amides is 1. The first-order valence-corrected chi connectivity index (χ1v) is 11.4. The van der Waals surface area contributed by atoms with Gasteiger partial charge in [-0.1, -0.05) is 32.0 Å². The molecule has 1 saturated heterocycles. The normalized spacial score (nSPS) is 20.3. The smallest absolute Gasteiger partial charge is 0.243 e. The maximum Gasteiger partial charge on any atom is 0.243 e. The van der Waals surface area contributed by atoms with Crippen LogP contribution in [-0.4, -0.2) is 54.7 Å². The average molecular weight is 394 g/mol. The molecule has 1 saturated carbocycles. The fourth-order valence-corrected chi connectivity index (χ4v) is 5.87. The van der Waals surface area contributed by atoms with Gasteiger partial charge in [-0.25, -0.2) is 8.42 Å². The van der Waals surface area contributed by atoms with Gasteiger partial charge in [0.25, 0.3) is 0 Å². The largest absolute Gasteiger partial charge is 0.341 e. The molecule has 1 heterocycles. The van der Waals surface area contributed by atoms with Gasteiger partial charge in [-0.2, -0.15) is 4.31 Å². The van der Waals surface area contributed by atoms with E-state index in [1.807, 2.05) is 11.0 Å². The van der Waals surface area contributed by atoms with Crippen molar-refractivity contribution in [3.63, 3.8) is 0 Å². The number of rotatable bonds is 7. The lowest BCUT2D eigenvalue weighted by atomic mass is 10.0. The number of carbonyl (C=O) groups excluding carboxylic acids is 1. The van der Waals surface area contributed by atoms with E-state index in [0.717, 1.165) is 12.8 Å². The van der Waals surface area contributed by atoms with Gasteiger partial charge in [0.15, 0.2) is 0 Å². The van der Waals surface area contributed by atoms with Crippen LogP contribution in [0, 0.1) is 5.92 Å². The molecule has 1 amide bonds. The maximum atomic E-state index is 13.2. The van der Waals surface area contributed by atoms with E-state index in [4.69, 9.17) is 5.73 Å². The molecule has 6 nitrogen and oxygen atoms in total. The summed E-state index contributed by atoms with van der Waals surface area (Å²) in [6.07, 6.45) is 3.86. The van der Waals surface area contributed by atoms with E-state index < -0.39 is 16.1 Å². The first-order chi connectivity index (χ1) is 12.8. The van der Waals surface area contributed by atoms with Crippen LogP contribution in [0.15, 0.2) is 35.2 Å². The van der Waals surface area contributed by atoms with Crippen molar-refractivity contribution in [3.05, 3.63) is 30.3 Å². The summed E-state index contributed by atoms with van der Waals surface area (Å²) >= 11 is 0. The van der Waals surface area contributed by atoms with E-state index in [2.05, 4.69) is 13.8 Å². The molecule has 2 fully saturated rings. The topological polar surface area (TPSA) is 83.7 Å². The monoisotopic (exact) mass is 393 g/mol. The van der Waals surface area contributed by atoms with Gasteiger partial charge in [0.05, 0.1) is 10.9 Å². The second-order valence-electron chi connectivity index (χ2n) is 8.17. The first kappa shape index (κ1) is 20.3. The predicted molar refractivity (Wildman–Crippen MR) is 106 cm³/mol. The molecule has 0 unspecified atom stereocenters. The van der Waals surface area contributed by atoms with Gasteiger partial charge in [-0.15, -0.1) is 0 Å². The highest BCUT2D eigenvalue weighted by molar-refractivity contribution is 7.89. The lowest BCUT2D eigenvalue weighted by Gasteiger charge is -2.38. The third-order valence-corrected chi connectivity index (χ3v) is 7.42. The lowest BCUT2D eigenvalue weighted by Crippen LogP contribution is -2.52. The summed E-state index contributed by atoms with van der Waals surface area (Å²) in [5.74, 6) is 0.369. The molecular weight excluding hydrogens is 362 g/mol. The van der Waals surface area contributed by atoms with Crippen molar-refractivity contribution in [2.75, 3.05) is 13.1 Å². The highest BCUT2D eigenvalue weighted by atomic mass is 32.2. The lowest BCUT2D eigenvalue weighted by molar-refractivity contribution is -0.134. The van der Waals surface area contributed by atoms with Gasteiger partial charge < -0.3 is 10.6 Å². The van der Waals surface area contributed by atoms with Crippen LogP contribution in [-0.2, 0) is 14.8 Å². The minimum Gasteiger partial charge on any atom is -0.341 e. The van der Waals surface area contributed by atoms with Gasteiger partial charge in [0, 0.05) is 25.2 Å². The molecule has 1 atom stereocenters. The number of sulfonamides is 1. The van der Waals surface area contributed by atoms with Crippen molar-refractivity contribution in [1.82, 2.24) is 9.21 Å². The average Bonchev–Trinajstić information content (AvgIpc) is 3.46. The van der Waals surface area contributed by atoms with Gasteiger partial charge in [0.1, 0.15) is 0 Å². The maximum absolute atomic E-state index is 13.2. The Kier molecular flexibility index (Phi) is 6.23. The van der Waals surface area contributed by atoms with Crippen molar-refractivity contribution >= 4 is 15.9 Å². The third-order valence-electron chi connectivity index (χ3n) is 5.40. The molecule has 0 spiro atoms. The van der Waals surface area contributed by atoms with Crippen molar-refractivity contribution in [2.45, 2.75) is 69.0 Å². The van der Waals surface area contributed by atoms with Crippen LogP contribution in [0.25, 0.3) is 0 Å². The molecule has 1 aliphatic carbocycles. The second-order valence-corrected chi connectivity index (χ2v) is 10.0. The Morgan fingerprint density at radius 3 is 2.19 bits per heavy atom. The summed E-state index contributed by atoms with van der Waals surface area (Å²) in [4.78, 5) is 14.7. The van der Waals surface area contributed by atoms with Gasteiger partial charge >= 0.3 is 0 Å². The van der Waals surface area contributed by atoms with E-state index in [1.54, 1.807) is 28.6 Å². The quantitative estimate of drug-likeness (QED) is 0.770. The Bertz CT molecular complexity index is 739. The summed E-state index contributed by atoms with van der Waals surface area (Å²) in [6.45, 7) is 5.26. The Hall–Kier alpha value is -1.44. The Morgan fingerprint density at radius 2 is 1.67 bits per heavy atom. The predicted octanol–water partition coefficient (Wildman–Crippen LogP) is 2.20. The fourth-order valence-electron chi connectivity index (χ4n) is 3.92. The molecule has 2 N–H and O–H groups in total. The minimum atomic E-state index is -3.50. The van der Waals surface area contributed by atoms with Gasteiger partial charge in [-0.05, 0) is 50.2 Å². The highest BCUT2D eigenvalue weighted by Crippen LogP contribution is 2.36. The van der Waals surface area contributed by atoms with E-state index in [9.17, 15) is 13.2 Å². The molecule has 1 aromatic carbocycles. The molecule has 1 aromatic rings. The van der Waals surface area contributed by atoms with Crippen LogP contribution < -0.4 is 5.73 Å². The van der Waals surface area contributed by atoms with Crippen molar-refractivity contribution < 1.29 is 13.2 Å². The Balaban J connectivity index is 1.67. The Labute approximate surface area is 162 Å². The molecule has 3 rings (SSSR count). The fraction of sp³-hybridized carbons (Fsp3) is 0.650. The second kappa shape index (κ2) is 8.29.